The number of aryl methyl sites for hydroxylation is 1. The lowest BCUT2D eigenvalue weighted by Crippen LogP contribution is -2.08. The SMILES string of the molecule is Cc1c(F)c(F)cc(SCCCCCCCc2ccccc2C(CC(=O)O)SCCC(=O)O)c1F. The zero-order valence-electron chi connectivity index (χ0n) is 19.7. The Morgan fingerprint density at radius 1 is 0.914 bits per heavy atom. The predicted molar refractivity (Wildman–Crippen MR) is 135 cm³/mol. The molecule has 0 bridgehead atoms. The molecule has 2 aromatic rings. The van der Waals surface area contributed by atoms with Crippen LogP contribution in [0, 0.1) is 24.4 Å². The van der Waals surface area contributed by atoms with Crippen molar-refractivity contribution in [3.63, 3.8) is 0 Å². The van der Waals surface area contributed by atoms with Crippen LogP contribution in [0.25, 0.3) is 0 Å². The second-order valence-corrected chi connectivity index (χ2v) is 10.7. The van der Waals surface area contributed by atoms with Crippen LogP contribution in [0.15, 0.2) is 35.2 Å². The molecule has 4 nitrogen and oxygen atoms in total. The van der Waals surface area contributed by atoms with Crippen LogP contribution in [0.3, 0.4) is 0 Å². The largest absolute Gasteiger partial charge is 0.481 e. The van der Waals surface area contributed by atoms with Crippen LogP contribution in [0.1, 0.15) is 66.9 Å². The van der Waals surface area contributed by atoms with E-state index in [1.165, 1.54) is 30.4 Å². The highest BCUT2D eigenvalue weighted by molar-refractivity contribution is 7.99. The van der Waals surface area contributed by atoms with Crippen LogP contribution < -0.4 is 0 Å². The molecule has 0 radical (unpaired) electrons. The molecule has 9 heteroatoms. The van der Waals surface area contributed by atoms with Gasteiger partial charge in [-0.2, -0.15) is 11.8 Å². The van der Waals surface area contributed by atoms with Crippen molar-refractivity contribution in [2.45, 2.75) is 68.4 Å². The molecule has 0 aromatic heterocycles. The zero-order chi connectivity index (χ0) is 25.8. The molecule has 0 amide bonds. The fourth-order valence-corrected chi connectivity index (χ4v) is 6.00. The summed E-state index contributed by atoms with van der Waals surface area (Å²) in [7, 11) is 0. The number of aliphatic carboxylic acids is 2. The van der Waals surface area contributed by atoms with E-state index in [-0.39, 0.29) is 28.6 Å². The summed E-state index contributed by atoms with van der Waals surface area (Å²) in [5.41, 5.74) is 1.74. The van der Waals surface area contributed by atoms with Crippen LogP contribution in [-0.2, 0) is 16.0 Å². The molecule has 0 heterocycles. The fourth-order valence-electron chi connectivity index (χ4n) is 3.72. The average Bonchev–Trinajstić information content (AvgIpc) is 2.81. The van der Waals surface area contributed by atoms with Gasteiger partial charge in [-0.05, 0) is 49.1 Å². The van der Waals surface area contributed by atoms with Gasteiger partial charge in [-0.3, -0.25) is 9.59 Å². The lowest BCUT2D eigenvalue weighted by molar-refractivity contribution is -0.137. The van der Waals surface area contributed by atoms with E-state index in [4.69, 9.17) is 5.11 Å². The van der Waals surface area contributed by atoms with Crippen molar-refractivity contribution in [2.24, 2.45) is 0 Å². The van der Waals surface area contributed by atoms with Crippen molar-refractivity contribution in [1.29, 1.82) is 0 Å². The molecular weight excluding hydrogens is 497 g/mol. The number of carboxylic acid groups (broad SMARTS) is 2. The quantitative estimate of drug-likeness (QED) is 0.134. The van der Waals surface area contributed by atoms with Crippen LogP contribution in [-0.4, -0.2) is 33.7 Å². The van der Waals surface area contributed by atoms with Gasteiger partial charge in [0.2, 0.25) is 0 Å². The van der Waals surface area contributed by atoms with E-state index in [9.17, 15) is 27.9 Å². The first kappa shape index (κ1) is 29.1. The molecule has 0 aliphatic rings. The maximum Gasteiger partial charge on any atom is 0.304 e. The molecule has 0 saturated carbocycles. The van der Waals surface area contributed by atoms with E-state index < -0.39 is 29.4 Å². The average molecular weight is 529 g/mol. The Kier molecular flexibility index (Phi) is 12.5. The monoisotopic (exact) mass is 528 g/mol. The second kappa shape index (κ2) is 15.1. The number of unbranched alkanes of at least 4 members (excludes halogenated alkanes) is 4. The van der Waals surface area contributed by atoms with Crippen LogP contribution in [0.2, 0.25) is 0 Å². The van der Waals surface area contributed by atoms with Crippen molar-refractivity contribution in [1.82, 2.24) is 0 Å². The van der Waals surface area contributed by atoms with E-state index in [0.717, 1.165) is 55.7 Å². The van der Waals surface area contributed by atoms with E-state index >= 15 is 0 Å². The Bertz CT molecular complexity index is 1000. The Labute approximate surface area is 212 Å². The number of thioether (sulfide) groups is 2. The predicted octanol–water partition coefficient (Wildman–Crippen LogP) is 7.42. The number of hydrogen-bond acceptors (Lipinski definition) is 4. The minimum Gasteiger partial charge on any atom is -0.481 e. The van der Waals surface area contributed by atoms with Crippen molar-refractivity contribution in [2.75, 3.05) is 11.5 Å². The number of carboxylic acids is 2. The molecule has 0 fully saturated rings. The normalized spacial score (nSPS) is 12.0. The second-order valence-electron chi connectivity index (χ2n) is 8.28. The van der Waals surface area contributed by atoms with E-state index in [1.807, 2.05) is 24.3 Å². The third kappa shape index (κ3) is 9.80. The van der Waals surface area contributed by atoms with Crippen molar-refractivity contribution in [3.05, 3.63) is 64.5 Å². The summed E-state index contributed by atoms with van der Waals surface area (Å²) < 4.78 is 40.9. The smallest absolute Gasteiger partial charge is 0.304 e. The number of halogens is 3. The van der Waals surface area contributed by atoms with E-state index in [0.29, 0.717) is 11.5 Å². The van der Waals surface area contributed by atoms with E-state index in [1.54, 1.807) is 0 Å². The highest BCUT2D eigenvalue weighted by Gasteiger charge is 2.19. The first-order chi connectivity index (χ1) is 16.7. The molecule has 1 atom stereocenters. The Morgan fingerprint density at radius 2 is 1.60 bits per heavy atom. The maximum absolute atomic E-state index is 14.1. The third-order valence-corrected chi connectivity index (χ3v) is 7.95. The van der Waals surface area contributed by atoms with Crippen molar-refractivity contribution in [3.8, 4) is 0 Å². The molecule has 192 valence electrons. The van der Waals surface area contributed by atoms with E-state index in [2.05, 4.69) is 0 Å². The van der Waals surface area contributed by atoms with Gasteiger partial charge < -0.3 is 10.2 Å². The minimum absolute atomic E-state index is 0.0103. The molecule has 0 saturated heterocycles. The zero-order valence-corrected chi connectivity index (χ0v) is 21.3. The van der Waals surface area contributed by atoms with Gasteiger partial charge in [-0.1, -0.05) is 43.5 Å². The Morgan fingerprint density at radius 3 is 2.31 bits per heavy atom. The fraction of sp³-hybridized carbons (Fsp3) is 0.462. The lowest BCUT2D eigenvalue weighted by atomic mass is 9.97. The molecule has 0 aliphatic heterocycles. The summed E-state index contributed by atoms with van der Waals surface area (Å²) >= 11 is 2.56. The Hall–Kier alpha value is -2.13. The molecule has 35 heavy (non-hydrogen) atoms. The number of hydrogen-bond donors (Lipinski definition) is 2. The minimum atomic E-state index is -1.14. The first-order valence-electron chi connectivity index (χ1n) is 11.6. The standard InChI is InChI=1S/C26H31F3O4S2/c1-17-25(28)20(27)15-22(26(17)29)34-13-8-4-2-3-5-9-18-10-6-7-11-19(18)21(16-24(32)33)35-14-12-23(30)31/h6-7,10-11,15,21H,2-5,8-9,12-14,16H2,1H3,(H,30,31)(H,32,33). The molecule has 0 spiro atoms. The topological polar surface area (TPSA) is 74.6 Å². The summed E-state index contributed by atoms with van der Waals surface area (Å²) in [6.45, 7) is 1.23. The highest BCUT2D eigenvalue weighted by Crippen LogP contribution is 2.35. The summed E-state index contributed by atoms with van der Waals surface area (Å²) in [5, 5.41) is 17.9. The van der Waals surface area contributed by atoms with Crippen molar-refractivity contribution < 1.29 is 33.0 Å². The summed E-state index contributed by atoms with van der Waals surface area (Å²) in [4.78, 5) is 22.3. The summed E-state index contributed by atoms with van der Waals surface area (Å²) in [6.07, 6.45) is 5.40. The van der Waals surface area contributed by atoms with Gasteiger partial charge >= 0.3 is 11.9 Å². The number of benzene rings is 2. The summed E-state index contributed by atoms with van der Waals surface area (Å²) in [5.74, 6) is -3.70. The van der Waals surface area contributed by atoms with Crippen LogP contribution >= 0.6 is 23.5 Å². The van der Waals surface area contributed by atoms with Gasteiger partial charge in [0, 0.05) is 21.5 Å². The van der Waals surface area contributed by atoms with Gasteiger partial charge in [-0.15, -0.1) is 11.8 Å². The highest BCUT2D eigenvalue weighted by atomic mass is 32.2. The van der Waals surface area contributed by atoms with Gasteiger partial charge in [0.15, 0.2) is 11.6 Å². The molecule has 2 N–H and O–H groups in total. The van der Waals surface area contributed by atoms with Crippen molar-refractivity contribution >= 4 is 35.5 Å². The van der Waals surface area contributed by atoms with Crippen LogP contribution in [0.5, 0.6) is 0 Å². The van der Waals surface area contributed by atoms with Gasteiger partial charge in [-0.25, -0.2) is 13.2 Å². The van der Waals surface area contributed by atoms with Gasteiger partial charge in [0.25, 0.3) is 0 Å². The Balaban J connectivity index is 1.77. The van der Waals surface area contributed by atoms with Crippen LogP contribution in [0.4, 0.5) is 13.2 Å². The first-order valence-corrected chi connectivity index (χ1v) is 13.6. The van der Waals surface area contributed by atoms with Gasteiger partial charge in [0.1, 0.15) is 5.82 Å². The number of carbonyl (C=O) groups is 2. The molecular formula is C26H31F3O4S2. The molecule has 0 aliphatic carbocycles. The molecule has 1 unspecified atom stereocenters. The number of rotatable bonds is 16. The maximum atomic E-state index is 14.1. The summed E-state index contributed by atoms with van der Waals surface area (Å²) in [6, 6.07) is 8.64. The third-order valence-electron chi connectivity index (χ3n) is 5.59. The molecule has 2 rings (SSSR count). The molecule has 2 aromatic carbocycles. The lowest BCUT2D eigenvalue weighted by Gasteiger charge is -2.18. The van der Waals surface area contributed by atoms with Gasteiger partial charge in [0.05, 0.1) is 12.8 Å².